The van der Waals surface area contributed by atoms with E-state index < -0.39 is 11.8 Å². The second kappa shape index (κ2) is 9.84. The molecule has 0 aliphatic carbocycles. The predicted octanol–water partition coefficient (Wildman–Crippen LogP) is 2.15. The molecule has 6 heteroatoms. The second-order valence-electron chi connectivity index (χ2n) is 5.70. The van der Waals surface area contributed by atoms with E-state index in [2.05, 4.69) is 19.2 Å². The number of carbonyl (C=O) groups is 2. The molecule has 1 N–H and O–H groups in total. The Morgan fingerprint density at radius 1 is 1.22 bits per heavy atom. The quantitative estimate of drug-likeness (QED) is 0.588. The van der Waals surface area contributed by atoms with Crippen LogP contribution in [0.5, 0.6) is 5.75 Å². The van der Waals surface area contributed by atoms with Crippen molar-refractivity contribution in [3.8, 4) is 5.75 Å². The highest BCUT2D eigenvalue weighted by Gasteiger charge is 2.20. The molecule has 0 fully saturated rings. The Morgan fingerprint density at radius 3 is 2.57 bits per heavy atom. The molecule has 0 radical (unpaired) electrons. The number of ether oxygens (including phenoxy) is 2. The van der Waals surface area contributed by atoms with Crippen molar-refractivity contribution in [1.82, 2.24) is 4.90 Å². The number of nitrogens with zero attached hydrogens (tertiary/aromatic N) is 1. The van der Waals surface area contributed by atoms with E-state index in [9.17, 15) is 9.59 Å². The molecule has 1 aromatic carbocycles. The molecule has 1 aromatic rings. The van der Waals surface area contributed by atoms with Crippen LogP contribution in [0.4, 0.5) is 5.69 Å². The molecule has 2 amide bonds. The van der Waals surface area contributed by atoms with E-state index in [1.807, 2.05) is 0 Å². The minimum atomic E-state index is -0.668. The monoisotopic (exact) mass is 322 g/mol. The maximum absolute atomic E-state index is 12.1. The third kappa shape index (κ3) is 6.69. The Labute approximate surface area is 137 Å². The average Bonchev–Trinajstić information content (AvgIpc) is 2.53. The third-order valence-electron chi connectivity index (χ3n) is 3.26. The van der Waals surface area contributed by atoms with Crippen molar-refractivity contribution in [2.75, 3.05) is 39.2 Å². The Kier molecular flexibility index (Phi) is 8.11. The molecule has 0 atom stereocenters. The molecule has 0 spiro atoms. The Hall–Kier alpha value is -2.08. The summed E-state index contributed by atoms with van der Waals surface area (Å²) in [5.74, 6) is -0.241. The molecule has 0 saturated heterocycles. The number of methoxy groups -OCH3 is 1. The smallest absolute Gasteiger partial charge is 0.313 e. The summed E-state index contributed by atoms with van der Waals surface area (Å²) >= 11 is 0. The van der Waals surface area contributed by atoms with Gasteiger partial charge in [0.2, 0.25) is 0 Å². The van der Waals surface area contributed by atoms with E-state index >= 15 is 0 Å². The van der Waals surface area contributed by atoms with Crippen molar-refractivity contribution in [2.24, 2.45) is 5.92 Å². The summed E-state index contributed by atoms with van der Waals surface area (Å²) in [5.41, 5.74) is 0.471. The van der Waals surface area contributed by atoms with Crippen LogP contribution in [0.2, 0.25) is 0 Å². The van der Waals surface area contributed by atoms with E-state index in [4.69, 9.17) is 9.47 Å². The number of para-hydroxylation sites is 2. The van der Waals surface area contributed by atoms with Gasteiger partial charge in [-0.2, -0.15) is 0 Å². The minimum absolute atomic E-state index is 0.367. The molecule has 23 heavy (non-hydrogen) atoms. The first-order valence-electron chi connectivity index (χ1n) is 7.73. The Morgan fingerprint density at radius 2 is 1.91 bits per heavy atom. The topological polar surface area (TPSA) is 67.9 Å². The first kappa shape index (κ1) is 19.0. The van der Waals surface area contributed by atoms with E-state index in [1.165, 1.54) is 4.90 Å². The molecule has 6 nitrogen and oxygen atoms in total. The first-order valence-corrected chi connectivity index (χ1v) is 7.73. The standard InChI is InChI=1S/C17H26N2O4/c1-13(2)9-10-19(3)17(21)16(20)18-14-7-5-6-8-15(14)23-12-11-22-4/h5-8,13H,9-12H2,1-4H3,(H,18,20). The van der Waals surface area contributed by atoms with Crippen molar-refractivity contribution in [3.05, 3.63) is 24.3 Å². The van der Waals surface area contributed by atoms with Crippen LogP contribution in [-0.2, 0) is 14.3 Å². The average molecular weight is 322 g/mol. The van der Waals surface area contributed by atoms with Gasteiger partial charge in [-0.3, -0.25) is 9.59 Å². The van der Waals surface area contributed by atoms with Gasteiger partial charge >= 0.3 is 11.8 Å². The highest BCUT2D eigenvalue weighted by atomic mass is 16.5. The zero-order valence-corrected chi connectivity index (χ0v) is 14.3. The van der Waals surface area contributed by atoms with Crippen molar-refractivity contribution >= 4 is 17.5 Å². The predicted molar refractivity (Wildman–Crippen MR) is 89.5 cm³/mol. The van der Waals surface area contributed by atoms with E-state index in [0.717, 1.165) is 6.42 Å². The van der Waals surface area contributed by atoms with Crippen LogP contribution in [-0.4, -0.2) is 50.6 Å². The number of nitrogens with one attached hydrogen (secondary N) is 1. The molecule has 0 heterocycles. The summed E-state index contributed by atoms with van der Waals surface area (Å²) in [4.78, 5) is 25.6. The van der Waals surface area contributed by atoms with Crippen LogP contribution in [0.1, 0.15) is 20.3 Å². The van der Waals surface area contributed by atoms with Gasteiger partial charge in [-0.25, -0.2) is 0 Å². The van der Waals surface area contributed by atoms with Crippen molar-refractivity contribution in [3.63, 3.8) is 0 Å². The Balaban J connectivity index is 2.64. The number of hydrogen-bond acceptors (Lipinski definition) is 4. The van der Waals surface area contributed by atoms with Crippen molar-refractivity contribution in [1.29, 1.82) is 0 Å². The van der Waals surface area contributed by atoms with Gasteiger partial charge in [-0.15, -0.1) is 0 Å². The summed E-state index contributed by atoms with van der Waals surface area (Å²) in [6.45, 7) is 5.51. The van der Waals surface area contributed by atoms with Crippen LogP contribution in [0.25, 0.3) is 0 Å². The molecule has 0 saturated carbocycles. The van der Waals surface area contributed by atoms with Crippen molar-refractivity contribution in [2.45, 2.75) is 20.3 Å². The summed E-state index contributed by atoms with van der Waals surface area (Å²) in [7, 11) is 3.22. The summed E-state index contributed by atoms with van der Waals surface area (Å²) in [6.07, 6.45) is 0.853. The molecular weight excluding hydrogens is 296 g/mol. The zero-order chi connectivity index (χ0) is 17.2. The van der Waals surface area contributed by atoms with E-state index in [0.29, 0.717) is 37.1 Å². The fourth-order valence-electron chi connectivity index (χ4n) is 1.83. The largest absolute Gasteiger partial charge is 0.489 e. The van der Waals surface area contributed by atoms with E-state index in [1.54, 1.807) is 38.4 Å². The molecule has 0 aliphatic heterocycles. The first-order chi connectivity index (χ1) is 11.0. The van der Waals surface area contributed by atoms with Crippen LogP contribution >= 0.6 is 0 Å². The van der Waals surface area contributed by atoms with Crippen LogP contribution < -0.4 is 10.1 Å². The fourth-order valence-corrected chi connectivity index (χ4v) is 1.83. The maximum Gasteiger partial charge on any atom is 0.313 e. The lowest BCUT2D eigenvalue weighted by Gasteiger charge is -2.18. The molecule has 128 valence electrons. The summed E-state index contributed by atoms with van der Waals surface area (Å²) < 4.78 is 10.5. The van der Waals surface area contributed by atoms with Gasteiger partial charge in [-0.1, -0.05) is 26.0 Å². The normalized spacial score (nSPS) is 10.5. The number of anilines is 1. The molecule has 0 bridgehead atoms. The number of amides is 2. The minimum Gasteiger partial charge on any atom is -0.489 e. The lowest BCUT2D eigenvalue weighted by Crippen LogP contribution is -2.38. The summed E-state index contributed by atoms with van der Waals surface area (Å²) in [6, 6.07) is 7.00. The van der Waals surface area contributed by atoms with Crippen LogP contribution in [0.3, 0.4) is 0 Å². The number of hydrogen-bond donors (Lipinski definition) is 1. The lowest BCUT2D eigenvalue weighted by molar-refractivity contribution is -0.142. The van der Waals surface area contributed by atoms with Crippen LogP contribution in [0.15, 0.2) is 24.3 Å². The summed E-state index contributed by atoms with van der Waals surface area (Å²) in [5, 5.41) is 2.61. The van der Waals surface area contributed by atoms with Crippen molar-refractivity contribution < 1.29 is 19.1 Å². The number of likely N-dealkylation sites (N-methyl/N-ethyl adjacent to an activating group) is 1. The highest BCUT2D eigenvalue weighted by molar-refractivity contribution is 6.39. The van der Waals surface area contributed by atoms with Gasteiger partial charge < -0.3 is 19.7 Å². The fraction of sp³-hybridized carbons (Fsp3) is 0.529. The van der Waals surface area contributed by atoms with E-state index in [-0.39, 0.29) is 0 Å². The van der Waals surface area contributed by atoms with Gasteiger partial charge in [0.15, 0.2) is 0 Å². The second-order valence-corrected chi connectivity index (χ2v) is 5.70. The Bertz CT molecular complexity index is 517. The van der Waals surface area contributed by atoms with Gasteiger partial charge in [0.05, 0.1) is 12.3 Å². The SMILES string of the molecule is COCCOc1ccccc1NC(=O)C(=O)N(C)CCC(C)C. The number of rotatable bonds is 8. The number of carbonyl (C=O) groups excluding carboxylic acids is 2. The van der Waals surface area contributed by atoms with Gasteiger partial charge in [-0.05, 0) is 24.5 Å². The molecule has 1 rings (SSSR count). The highest BCUT2D eigenvalue weighted by Crippen LogP contribution is 2.23. The molecular formula is C17H26N2O4. The third-order valence-corrected chi connectivity index (χ3v) is 3.26. The molecule has 0 aliphatic rings. The number of benzene rings is 1. The maximum atomic E-state index is 12.1. The van der Waals surface area contributed by atoms with Gasteiger partial charge in [0.25, 0.3) is 0 Å². The zero-order valence-electron chi connectivity index (χ0n) is 14.3. The molecule has 0 unspecified atom stereocenters. The molecule has 0 aromatic heterocycles. The van der Waals surface area contributed by atoms with Gasteiger partial charge in [0, 0.05) is 20.7 Å². The van der Waals surface area contributed by atoms with Gasteiger partial charge in [0.1, 0.15) is 12.4 Å². The lowest BCUT2D eigenvalue weighted by atomic mass is 10.1. The van der Waals surface area contributed by atoms with Crippen LogP contribution in [0, 0.1) is 5.92 Å².